The van der Waals surface area contributed by atoms with Gasteiger partial charge in [0.05, 0.1) is 17.4 Å². The van der Waals surface area contributed by atoms with Crippen molar-refractivity contribution in [1.82, 2.24) is 20.0 Å². The molecular formula is C22H25FN4O. The third-order valence-electron chi connectivity index (χ3n) is 4.72. The van der Waals surface area contributed by atoms with E-state index in [4.69, 9.17) is 0 Å². The highest BCUT2D eigenvalue weighted by atomic mass is 19.1. The summed E-state index contributed by atoms with van der Waals surface area (Å²) in [6, 6.07) is 15.7. The quantitative estimate of drug-likeness (QED) is 0.710. The van der Waals surface area contributed by atoms with Gasteiger partial charge in [0.15, 0.2) is 0 Å². The van der Waals surface area contributed by atoms with Crippen molar-refractivity contribution in [1.29, 1.82) is 0 Å². The summed E-state index contributed by atoms with van der Waals surface area (Å²) in [6.45, 7) is 4.38. The average Bonchev–Trinajstić information content (AvgIpc) is 3.01. The molecule has 2 aromatic carbocycles. The number of amides is 1. The van der Waals surface area contributed by atoms with Crippen LogP contribution in [0.15, 0.2) is 54.6 Å². The Hall–Kier alpha value is -2.99. The van der Waals surface area contributed by atoms with Gasteiger partial charge in [0.2, 0.25) is 0 Å². The standard InChI is InChI=1S/C22H25FN4O/c1-15-13-16(2)27(25-15)20-11-7-18(8-12-20)22(28)24-14-21(26(3)4)17-5-9-19(23)10-6-17/h5-13,21H,14H2,1-4H3,(H,24,28). The SMILES string of the molecule is Cc1cc(C)n(-c2ccc(C(=O)NCC(c3ccc(F)cc3)N(C)C)cc2)n1. The van der Waals surface area contributed by atoms with E-state index in [0.717, 1.165) is 22.6 Å². The minimum Gasteiger partial charge on any atom is -0.350 e. The predicted octanol–water partition coefficient (Wildman–Crippen LogP) is 3.66. The van der Waals surface area contributed by atoms with Gasteiger partial charge in [-0.1, -0.05) is 12.1 Å². The minimum absolute atomic E-state index is 0.0430. The Kier molecular flexibility index (Phi) is 5.90. The monoisotopic (exact) mass is 380 g/mol. The van der Waals surface area contributed by atoms with E-state index in [2.05, 4.69) is 10.4 Å². The number of aryl methyl sites for hydroxylation is 2. The molecule has 0 bridgehead atoms. The van der Waals surface area contributed by atoms with Gasteiger partial charge in [-0.15, -0.1) is 0 Å². The van der Waals surface area contributed by atoms with E-state index in [9.17, 15) is 9.18 Å². The summed E-state index contributed by atoms with van der Waals surface area (Å²) in [7, 11) is 3.87. The van der Waals surface area contributed by atoms with Crippen LogP contribution in [-0.4, -0.2) is 41.2 Å². The molecule has 3 aromatic rings. The van der Waals surface area contributed by atoms with Crippen LogP contribution in [0.4, 0.5) is 4.39 Å². The third-order valence-corrected chi connectivity index (χ3v) is 4.72. The van der Waals surface area contributed by atoms with Crippen LogP contribution in [0.3, 0.4) is 0 Å². The number of carbonyl (C=O) groups is 1. The zero-order valence-electron chi connectivity index (χ0n) is 16.6. The largest absolute Gasteiger partial charge is 0.350 e. The topological polar surface area (TPSA) is 50.2 Å². The molecule has 0 aliphatic carbocycles. The molecule has 0 saturated carbocycles. The molecule has 5 nitrogen and oxygen atoms in total. The lowest BCUT2D eigenvalue weighted by Crippen LogP contribution is -2.34. The van der Waals surface area contributed by atoms with Crippen molar-refractivity contribution in [2.24, 2.45) is 0 Å². The van der Waals surface area contributed by atoms with Gasteiger partial charge >= 0.3 is 0 Å². The summed E-state index contributed by atoms with van der Waals surface area (Å²) in [5.74, 6) is -0.415. The normalized spacial score (nSPS) is 12.2. The Morgan fingerprint density at radius 3 is 2.29 bits per heavy atom. The molecule has 0 aliphatic rings. The number of halogens is 1. The van der Waals surface area contributed by atoms with Crippen LogP contribution in [0.1, 0.15) is 33.4 Å². The third kappa shape index (κ3) is 4.46. The molecule has 3 rings (SSSR count). The molecule has 1 heterocycles. The van der Waals surface area contributed by atoms with Crippen LogP contribution in [0.2, 0.25) is 0 Å². The van der Waals surface area contributed by atoms with E-state index in [0.29, 0.717) is 12.1 Å². The van der Waals surface area contributed by atoms with E-state index in [-0.39, 0.29) is 17.8 Å². The number of hydrogen-bond acceptors (Lipinski definition) is 3. The number of nitrogens with zero attached hydrogens (tertiary/aromatic N) is 3. The fraction of sp³-hybridized carbons (Fsp3) is 0.273. The predicted molar refractivity (Wildman–Crippen MR) is 108 cm³/mol. The number of nitrogens with one attached hydrogen (secondary N) is 1. The van der Waals surface area contributed by atoms with Crippen LogP contribution >= 0.6 is 0 Å². The maximum atomic E-state index is 13.2. The molecular weight excluding hydrogens is 355 g/mol. The second kappa shape index (κ2) is 8.35. The smallest absolute Gasteiger partial charge is 0.251 e. The average molecular weight is 380 g/mol. The lowest BCUT2D eigenvalue weighted by molar-refractivity contribution is 0.0942. The lowest BCUT2D eigenvalue weighted by atomic mass is 10.1. The molecule has 1 atom stereocenters. The summed E-state index contributed by atoms with van der Waals surface area (Å²) < 4.78 is 15.0. The zero-order valence-corrected chi connectivity index (χ0v) is 16.6. The van der Waals surface area contributed by atoms with Gasteiger partial charge in [-0.05, 0) is 76.0 Å². The van der Waals surface area contributed by atoms with Gasteiger partial charge in [0.1, 0.15) is 5.82 Å². The molecule has 0 fully saturated rings. The summed E-state index contributed by atoms with van der Waals surface area (Å²) in [5.41, 5.74) is 4.45. The van der Waals surface area contributed by atoms with Crippen LogP contribution in [-0.2, 0) is 0 Å². The van der Waals surface area contributed by atoms with Crippen LogP contribution in [0.5, 0.6) is 0 Å². The van der Waals surface area contributed by atoms with Crippen molar-refractivity contribution >= 4 is 5.91 Å². The molecule has 146 valence electrons. The molecule has 0 spiro atoms. The molecule has 0 radical (unpaired) electrons. The number of rotatable bonds is 6. The Morgan fingerprint density at radius 1 is 1.11 bits per heavy atom. The van der Waals surface area contributed by atoms with Crippen LogP contribution < -0.4 is 5.32 Å². The van der Waals surface area contributed by atoms with E-state index in [1.54, 1.807) is 24.3 Å². The van der Waals surface area contributed by atoms with Crippen LogP contribution in [0, 0.1) is 19.7 Å². The number of benzene rings is 2. The second-order valence-electron chi connectivity index (χ2n) is 7.13. The van der Waals surface area contributed by atoms with Crippen LogP contribution in [0.25, 0.3) is 5.69 Å². The molecule has 1 amide bonds. The highest BCUT2D eigenvalue weighted by Crippen LogP contribution is 2.18. The molecule has 1 N–H and O–H groups in total. The first kappa shape index (κ1) is 19.8. The van der Waals surface area contributed by atoms with Crippen molar-refractivity contribution < 1.29 is 9.18 Å². The zero-order chi connectivity index (χ0) is 20.3. The summed E-state index contributed by atoms with van der Waals surface area (Å²) in [5, 5.41) is 7.43. The number of likely N-dealkylation sites (N-methyl/N-ethyl adjacent to an activating group) is 1. The van der Waals surface area contributed by atoms with Gasteiger partial charge in [0, 0.05) is 17.8 Å². The molecule has 1 unspecified atom stereocenters. The number of hydrogen-bond donors (Lipinski definition) is 1. The molecule has 6 heteroatoms. The minimum atomic E-state index is -0.270. The van der Waals surface area contributed by atoms with Crippen molar-refractivity contribution in [3.63, 3.8) is 0 Å². The highest BCUT2D eigenvalue weighted by Gasteiger charge is 2.16. The number of carbonyl (C=O) groups excluding carboxylic acids is 1. The summed E-state index contributed by atoms with van der Waals surface area (Å²) >= 11 is 0. The maximum Gasteiger partial charge on any atom is 0.251 e. The second-order valence-corrected chi connectivity index (χ2v) is 7.13. The molecule has 1 aromatic heterocycles. The van der Waals surface area contributed by atoms with Gasteiger partial charge in [-0.25, -0.2) is 9.07 Å². The van der Waals surface area contributed by atoms with Crippen molar-refractivity contribution in [2.45, 2.75) is 19.9 Å². The fourth-order valence-corrected chi connectivity index (χ4v) is 3.22. The van der Waals surface area contributed by atoms with Gasteiger partial charge in [-0.3, -0.25) is 4.79 Å². The Balaban J connectivity index is 1.68. The van der Waals surface area contributed by atoms with Gasteiger partial charge in [0.25, 0.3) is 5.91 Å². The Labute approximate surface area is 164 Å². The maximum absolute atomic E-state index is 13.2. The molecule has 0 saturated heterocycles. The first-order chi connectivity index (χ1) is 13.3. The van der Waals surface area contributed by atoms with Crippen molar-refractivity contribution in [3.8, 4) is 5.69 Å². The number of aromatic nitrogens is 2. The van der Waals surface area contributed by atoms with E-state index >= 15 is 0 Å². The summed E-state index contributed by atoms with van der Waals surface area (Å²) in [6.07, 6.45) is 0. The first-order valence-corrected chi connectivity index (χ1v) is 9.19. The first-order valence-electron chi connectivity index (χ1n) is 9.19. The highest BCUT2D eigenvalue weighted by molar-refractivity contribution is 5.94. The fourth-order valence-electron chi connectivity index (χ4n) is 3.22. The van der Waals surface area contributed by atoms with Gasteiger partial charge < -0.3 is 10.2 Å². The van der Waals surface area contributed by atoms with Crippen molar-refractivity contribution in [3.05, 3.63) is 82.9 Å². The Bertz CT molecular complexity index is 946. The Morgan fingerprint density at radius 2 is 1.75 bits per heavy atom. The molecule has 28 heavy (non-hydrogen) atoms. The van der Waals surface area contributed by atoms with Gasteiger partial charge in [-0.2, -0.15) is 5.10 Å². The van der Waals surface area contributed by atoms with E-state index in [1.165, 1.54) is 12.1 Å². The van der Waals surface area contributed by atoms with E-state index in [1.807, 2.05) is 55.7 Å². The molecule has 0 aliphatic heterocycles. The lowest BCUT2D eigenvalue weighted by Gasteiger charge is -2.25. The summed E-state index contributed by atoms with van der Waals surface area (Å²) in [4.78, 5) is 14.6. The van der Waals surface area contributed by atoms with E-state index < -0.39 is 0 Å². The van der Waals surface area contributed by atoms with Crippen molar-refractivity contribution in [2.75, 3.05) is 20.6 Å².